The SMILES string of the molecule is CCCCC/C=C\C/C=C\C/C=C\C/C=C\CCCCCCCCCCCCCC(=O)OC(/C=C/CCCCCCCCCCCCC)C(COP(=O)(O)OCC[N+](C)(C)C)NC(=O)CCCCCCCCCCCCCCCCC/C=C/CCCCCCCC. The number of carbonyl (C=O) groups is 2. The van der Waals surface area contributed by atoms with Crippen LogP contribution in [0.5, 0.6) is 0 Å². The van der Waals surface area contributed by atoms with E-state index < -0.39 is 20.0 Å². The van der Waals surface area contributed by atoms with Gasteiger partial charge in [-0.25, -0.2) is 4.57 Å². The van der Waals surface area contributed by atoms with Crippen LogP contribution in [-0.2, 0) is 27.9 Å². The minimum Gasteiger partial charge on any atom is -0.456 e. The molecular formula is C81H152N2O7P+. The number of unbranched alkanes of at least 4 members (excludes halogenated alkanes) is 46. The van der Waals surface area contributed by atoms with Crippen molar-refractivity contribution in [2.24, 2.45) is 0 Å². The Hall–Kier alpha value is -2.55. The molecule has 3 unspecified atom stereocenters. The van der Waals surface area contributed by atoms with Crippen molar-refractivity contribution in [2.45, 2.75) is 392 Å². The van der Waals surface area contributed by atoms with Gasteiger partial charge in [0.2, 0.25) is 5.91 Å². The summed E-state index contributed by atoms with van der Waals surface area (Å²) in [6.07, 6.45) is 93.5. The van der Waals surface area contributed by atoms with Crippen LogP contribution in [0.4, 0.5) is 0 Å². The third kappa shape index (κ3) is 71.6. The molecule has 0 fully saturated rings. The molecule has 0 saturated carbocycles. The number of quaternary nitrogens is 1. The highest BCUT2D eigenvalue weighted by atomic mass is 31.2. The predicted octanol–water partition coefficient (Wildman–Crippen LogP) is 25.5. The Labute approximate surface area is 565 Å². The van der Waals surface area contributed by atoms with Crippen molar-refractivity contribution in [3.05, 3.63) is 72.9 Å². The Morgan fingerprint density at radius 2 is 0.670 bits per heavy atom. The zero-order valence-corrected chi connectivity index (χ0v) is 62.0. The second-order valence-corrected chi connectivity index (χ2v) is 29.3. The Morgan fingerprint density at radius 3 is 1.03 bits per heavy atom. The number of hydrogen-bond acceptors (Lipinski definition) is 6. The number of carbonyl (C=O) groups excluding carboxylic acids is 2. The van der Waals surface area contributed by atoms with Gasteiger partial charge in [0.1, 0.15) is 19.3 Å². The molecule has 0 heterocycles. The molecule has 3 atom stereocenters. The Morgan fingerprint density at radius 1 is 0.385 bits per heavy atom. The molecule has 532 valence electrons. The first-order valence-electron chi connectivity index (χ1n) is 39.3. The summed E-state index contributed by atoms with van der Waals surface area (Å²) in [7, 11) is 1.51. The monoisotopic (exact) mass is 1300 g/mol. The Bertz CT molecular complexity index is 1780. The average Bonchev–Trinajstić information content (AvgIpc) is 3.73. The number of phosphoric ester groups is 1. The molecule has 0 aromatic carbocycles. The first kappa shape index (κ1) is 88.5. The van der Waals surface area contributed by atoms with Gasteiger partial charge < -0.3 is 19.4 Å². The van der Waals surface area contributed by atoms with E-state index >= 15 is 0 Å². The summed E-state index contributed by atoms with van der Waals surface area (Å²) in [6.45, 7) is 7.03. The summed E-state index contributed by atoms with van der Waals surface area (Å²) < 4.78 is 30.9. The number of likely N-dealkylation sites (N-methyl/N-ethyl adjacent to an activating group) is 1. The first-order valence-corrected chi connectivity index (χ1v) is 40.8. The van der Waals surface area contributed by atoms with Gasteiger partial charge in [-0.3, -0.25) is 18.6 Å². The molecule has 0 aliphatic heterocycles. The summed E-state index contributed by atoms with van der Waals surface area (Å²) in [4.78, 5) is 38.0. The summed E-state index contributed by atoms with van der Waals surface area (Å²) in [5.41, 5.74) is 0. The first-order chi connectivity index (χ1) is 44.4. The smallest absolute Gasteiger partial charge is 0.456 e. The molecule has 0 aromatic heterocycles. The van der Waals surface area contributed by atoms with Gasteiger partial charge in [0.15, 0.2) is 0 Å². The minimum absolute atomic E-state index is 0.0397. The minimum atomic E-state index is -4.46. The number of hydrogen-bond donors (Lipinski definition) is 2. The van der Waals surface area contributed by atoms with Crippen molar-refractivity contribution in [2.75, 3.05) is 40.9 Å². The number of rotatable bonds is 72. The lowest BCUT2D eigenvalue weighted by molar-refractivity contribution is -0.870. The maximum atomic E-state index is 13.7. The third-order valence-corrected chi connectivity index (χ3v) is 18.6. The molecule has 0 radical (unpaired) electrons. The normalized spacial score (nSPS) is 13.8. The zero-order chi connectivity index (χ0) is 66.3. The van der Waals surface area contributed by atoms with E-state index in [0.717, 1.165) is 77.0 Å². The van der Waals surface area contributed by atoms with Crippen LogP contribution in [0.3, 0.4) is 0 Å². The van der Waals surface area contributed by atoms with E-state index in [1.165, 1.54) is 270 Å². The molecule has 0 bridgehead atoms. The van der Waals surface area contributed by atoms with Crippen LogP contribution in [0.2, 0.25) is 0 Å². The second kappa shape index (κ2) is 70.3. The van der Waals surface area contributed by atoms with E-state index in [9.17, 15) is 19.0 Å². The maximum Gasteiger partial charge on any atom is 0.472 e. The highest BCUT2D eigenvalue weighted by Gasteiger charge is 2.30. The number of esters is 1. The maximum absolute atomic E-state index is 13.7. The van der Waals surface area contributed by atoms with Gasteiger partial charge in [0.25, 0.3) is 0 Å². The van der Waals surface area contributed by atoms with Crippen molar-refractivity contribution in [1.29, 1.82) is 0 Å². The predicted molar refractivity (Wildman–Crippen MR) is 397 cm³/mol. The van der Waals surface area contributed by atoms with Crippen molar-refractivity contribution in [1.82, 2.24) is 5.32 Å². The molecule has 0 aromatic rings. The van der Waals surface area contributed by atoms with E-state index in [-0.39, 0.29) is 31.5 Å². The van der Waals surface area contributed by atoms with Crippen molar-refractivity contribution in [3.8, 4) is 0 Å². The molecule has 0 rings (SSSR count). The van der Waals surface area contributed by atoms with Gasteiger partial charge in [0.05, 0.1) is 33.8 Å². The highest BCUT2D eigenvalue weighted by molar-refractivity contribution is 7.47. The number of nitrogens with one attached hydrogen (secondary N) is 1. The summed E-state index contributed by atoms with van der Waals surface area (Å²) in [5, 5.41) is 3.08. The van der Waals surface area contributed by atoms with Gasteiger partial charge >= 0.3 is 13.8 Å². The quantitative estimate of drug-likeness (QED) is 0.0205. The van der Waals surface area contributed by atoms with E-state index in [1.54, 1.807) is 0 Å². The van der Waals surface area contributed by atoms with E-state index in [1.807, 2.05) is 27.2 Å². The molecule has 9 nitrogen and oxygen atoms in total. The Balaban J connectivity index is 4.99. The molecule has 10 heteroatoms. The average molecular weight is 1300 g/mol. The molecule has 0 aliphatic carbocycles. The van der Waals surface area contributed by atoms with Gasteiger partial charge in [-0.15, -0.1) is 0 Å². The van der Waals surface area contributed by atoms with Crippen LogP contribution in [0.1, 0.15) is 380 Å². The van der Waals surface area contributed by atoms with Crippen LogP contribution in [-0.4, -0.2) is 74.3 Å². The van der Waals surface area contributed by atoms with Crippen LogP contribution in [0.15, 0.2) is 72.9 Å². The highest BCUT2D eigenvalue weighted by Crippen LogP contribution is 2.43. The standard InChI is InChI=1S/C81H151N2O7P/c1-7-10-13-16-19-22-25-28-30-32-34-36-38-40-41-43-45-47-49-51-53-56-59-62-65-68-71-74-81(85)90-79(72-69-66-63-60-57-54-27-24-21-18-15-12-9-3)78(77-89-91(86,87)88-76-75-83(4,5)6)82-80(84)73-70-67-64-61-58-55-52-50-48-46-44-42-39-37-35-33-31-29-26-23-20-17-14-11-8-2/h19,22,28-31,34,36,40-41,69,72,78-79H,7-18,20-21,23-27,32-33,35,37-39,42-68,70-71,73-77H2,1-6H3,(H-,82,84,86,87)/p+1/b22-19-,30-28-,31-29+,36-34-,41-40-,72-69+. The van der Waals surface area contributed by atoms with Crippen LogP contribution >= 0.6 is 7.82 Å². The molecular weight excluding hydrogens is 1140 g/mol. The van der Waals surface area contributed by atoms with E-state index in [0.29, 0.717) is 17.4 Å². The number of allylic oxidation sites excluding steroid dienone is 11. The van der Waals surface area contributed by atoms with E-state index in [4.69, 9.17) is 13.8 Å². The van der Waals surface area contributed by atoms with E-state index in [2.05, 4.69) is 92.9 Å². The largest absolute Gasteiger partial charge is 0.472 e. The topological polar surface area (TPSA) is 111 Å². The summed E-state index contributed by atoms with van der Waals surface area (Å²) in [6, 6.07) is -0.852. The fourth-order valence-corrected chi connectivity index (χ4v) is 12.3. The van der Waals surface area contributed by atoms with Gasteiger partial charge in [-0.05, 0) is 102 Å². The lowest BCUT2D eigenvalue weighted by atomic mass is 10.0. The number of ether oxygens (including phenoxy) is 1. The molecule has 1 amide bonds. The molecule has 91 heavy (non-hydrogen) atoms. The molecule has 0 saturated heterocycles. The summed E-state index contributed by atoms with van der Waals surface area (Å²) >= 11 is 0. The van der Waals surface area contributed by atoms with Crippen LogP contribution in [0.25, 0.3) is 0 Å². The fraction of sp³-hybridized carbons (Fsp3) is 0.827. The lowest BCUT2D eigenvalue weighted by Crippen LogP contribution is -2.47. The van der Waals surface area contributed by atoms with Gasteiger partial charge in [-0.2, -0.15) is 0 Å². The van der Waals surface area contributed by atoms with Crippen LogP contribution < -0.4 is 5.32 Å². The zero-order valence-electron chi connectivity index (χ0n) is 61.1. The second-order valence-electron chi connectivity index (χ2n) is 27.9. The third-order valence-electron chi connectivity index (χ3n) is 17.6. The molecule has 0 spiro atoms. The van der Waals surface area contributed by atoms with Crippen molar-refractivity contribution >= 4 is 19.7 Å². The van der Waals surface area contributed by atoms with Crippen LogP contribution in [0, 0.1) is 0 Å². The van der Waals surface area contributed by atoms with Crippen molar-refractivity contribution in [3.63, 3.8) is 0 Å². The summed E-state index contributed by atoms with van der Waals surface area (Å²) in [5.74, 6) is -0.493. The number of phosphoric acid groups is 1. The number of nitrogens with zero attached hydrogens (tertiary/aromatic N) is 1. The molecule has 2 N–H and O–H groups in total. The molecule has 0 aliphatic rings. The van der Waals surface area contributed by atoms with Gasteiger partial charge in [-0.1, -0.05) is 338 Å². The van der Waals surface area contributed by atoms with Gasteiger partial charge in [0, 0.05) is 12.8 Å². The van der Waals surface area contributed by atoms with Crippen molar-refractivity contribution < 1.29 is 37.3 Å². The lowest BCUT2D eigenvalue weighted by Gasteiger charge is -2.27. The Kier molecular flexibility index (Phi) is 68.3. The number of amides is 1. The fourth-order valence-electron chi connectivity index (χ4n) is 11.6.